The molecule has 1 heterocycles. The molecule has 0 radical (unpaired) electrons. The average molecular weight is 219 g/mol. The third kappa shape index (κ3) is 1.61. The van der Waals surface area contributed by atoms with Crippen molar-refractivity contribution in [1.29, 1.82) is 0 Å². The second-order valence-corrected chi connectivity index (χ2v) is 3.24. The molecule has 11 heavy (non-hydrogen) atoms. The fourth-order valence-corrected chi connectivity index (χ4v) is 1.68. The average Bonchev–Trinajstić information content (AvgIpc) is 2.30. The van der Waals surface area contributed by atoms with Crippen LogP contribution in [0.15, 0.2) is 10.7 Å². The van der Waals surface area contributed by atoms with E-state index in [-0.39, 0.29) is 6.04 Å². The lowest BCUT2D eigenvalue weighted by molar-refractivity contribution is 0.546. The number of aryl methyl sites for hydroxylation is 1. The highest BCUT2D eigenvalue weighted by atomic mass is 79.9. The summed E-state index contributed by atoms with van der Waals surface area (Å²) in [5.41, 5.74) is 3.71. The monoisotopic (exact) mass is 218 g/mol. The first-order valence-corrected chi connectivity index (χ1v) is 4.09. The predicted molar refractivity (Wildman–Crippen MR) is 46.6 cm³/mol. The van der Waals surface area contributed by atoms with Crippen LogP contribution in [-0.4, -0.2) is 9.78 Å². The zero-order chi connectivity index (χ0) is 8.43. The molecule has 0 fully saturated rings. The van der Waals surface area contributed by atoms with E-state index in [4.69, 9.17) is 5.84 Å². The van der Waals surface area contributed by atoms with E-state index in [9.17, 15) is 0 Å². The first kappa shape index (κ1) is 8.70. The van der Waals surface area contributed by atoms with Crippen molar-refractivity contribution in [3.05, 3.63) is 16.4 Å². The maximum atomic E-state index is 5.29. The molecule has 0 bridgehead atoms. The third-order valence-corrected chi connectivity index (χ3v) is 2.21. The first-order valence-electron chi connectivity index (χ1n) is 3.30. The third-order valence-electron chi connectivity index (χ3n) is 1.60. The Hall–Kier alpha value is -0.390. The van der Waals surface area contributed by atoms with Gasteiger partial charge in [0.05, 0.1) is 22.4 Å². The van der Waals surface area contributed by atoms with E-state index in [2.05, 4.69) is 26.5 Å². The van der Waals surface area contributed by atoms with Gasteiger partial charge in [0.25, 0.3) is 0 Å². The molecule has 0 aliphatic heterocycles. The minimum absolute atomic E-state index is 0.108. The van der Waals surface area contributed by atoms with E-state index in [0.717, 1.165) is 10.2 Å². The lowest BCUT2D eigenvalue weighted by Crippen LogP contribution is -2.27. The summed E-state index contributed by atoms with van der Waals surface area (Å²) in [6, 6.07) is 0.108. The number of nitrogens with zero attached hydrogens (tertiary/aromatic N) is 2. The van der Waals surface area contributed by atoms with Crippen LogP contribution in [0.25, 0.3) is 0 Å². The van der Waals surface area contributed by atoms with Gasteiger partial charge in [-0.1, -0.05) is 0 Å². The lowest BCUT2D eigenvalue weighted by Gasteiger charge is -2.10. The quantitative estimate of drug-likeness (QED) is 0.568. The number of rotatable bonds is 2. The SMILES string of the molecule is CC(NN)c1c(Br)cnn1C. The van der Waals surface area contributed by atoms with Crippen LogP contribution in [0.3, 0.4) is 0 Å². The predicted octanol–water partition coefficient (Wildman–Crippen LogP) is 0.707. The van der Waals surface area contributed by atoms with E-state index >= 15 is 0 Å². The van der Waals surface area contributed by atoms with E-state index < -0.39 is 0 Å². The van der Waals surface area contributed by atoms with Crippen LogP contribution in [0.5, 0.6) is 0 Å². The van der Waals surface area contributed by atoms with Crippen molar-refractivity contribution >= 4 is 15.9 Å². The number of nitrogens with two attached hydrogens (primary N) is 1. The minimum Gasteiger partial charge on any atom is -0.271 e. The highest BCUT2D eigenvalue weighted by Crippen LogP contribution is 2.20. The van der Waals surface area contributed by atoms with Crippen LogP contribution < -0.4 is 11.3 Å². The molecule has 1 aromatic rings. The number of aromatic nitrogens is 2. The van der Waals surface area contributed by atoms with Gasteiger partial charge in [0, 0.05) is 7.05 Å². The Labute approximate surface area is 73.9 Å². The summed E-state index contributed by atoms with van der Waals surface area (Å²) in [4.78, 5) is 0. The van der Waals surface area contributed by atoms with Gasteiger partial charge >= 0.3 is 0 Å². The summed E-state index contributed by atoms with van der Waals surface area (Å²) in [6.45, 7) is 1.97. The second kappa shape index (κ2) is 3.34. The van der Waals surface area contributed by atoms with E-state index in [1.165, 1.54) is 0 Å². The number of hydrazine groups is 1. The molecular weight excluding hydrogens is 208 g/mol. The number of hydrogen-bond donors (Lipinski definition) is 2. The molecular formula is C6H11BrN4. The molecule has 4 nitrogen and oxygen atoms in total. The van der Waals surface area contributed by atoms with Crippen LogP contribution in [0.2, 0.25) is 0 Å². The summed E-state index contributed by atoms with van der Waals surface area (Å²) in [5, 5.41) is 4.06. The minimum atomic E-state index is 0.108. The van der Waals surface area contributed by atoms with Gasteiger partial charge in [-0.25, -0.2) is 0 Å². The smallest absolute Gasteiger partial charge is 0.0703 e. The van der Waals surface area contributed by atoms with Crippen molar-refractivity contribution in [1.82, 2.24) is 15.2 Å². The Bertz CT molecular complexity index is 225. The van der Waals surface area contributed by atoms with Crippen LogP contribution in [0.1, 0.15) is 18.7 Å². The molecule has 1 atom stereocenters. The highest BCUT2D eigenvalue weighted by molar-refractivity contribution is 9.10. The van der Waals surface area contributed by atoms with Gasteiger partial charge in [0.2, 0.25) is 0 Å². The van der Waals surface area contributed by atoms with Crippen LogP contribution in [-0.2, 0) is 7.05 Å². The molecule has 1 aromatic heterocycles. The van der Waals surface area contributed by atoms with Gasteiger partial charge in [-0.3, -0.25) is 16.0 Å². The summed E-state index contributed by atoms with van der Waals surface area (Å²) < 4.78 is 2.76. The zero-order valence-electron chi connectivity index (χ0n) is 6.50. The molecule has 0 amide bonds. The molecule has 62 valence electrons. The molecule has 1 rings (SSSR count). The summed E-state index contributed by atoms with van der Waals surface area (Å²) in [6.07, 6.45) is 1.75. The molecule has 0 saturated carbocycles. The summed E-state index contributed by atoms with van der Waals surface area (Å²) in [7, 11) is 1.88. The molecule has 3 N–H and O–H groups in total. The number of halogens is 1. The van der Waals surface area contributed by atoms with Gasteiger partial charge in [0.15, 0.2) is 0 Å². The van der Waals surface area contributed by atoms with E-state index in [1.807, 2.05) is 14.0 Å². The van der Waals surface area contributed by atoms with Crippen molar-refractivity contribution in [2.75, 3.05) is 0 Å². The molecule has 0 aromatic carbocycles. The fraction of sp³-hybridized carbons (Fsp3) is 0.500. The lowest BCUT2D eigenvalue weighted by atomic mass is 10.2. The molecule has 5 heteroatoms. The number of nitrogens with one attached hydrogen (secondary N) is 1. The summed E-state index contributed by atoms with van der Waals surface area (Å²) in [5.74, 6) is 5.29. The van der Waals surface area contributed by atoms with Gasteiger partial charge in [-0.05, 0) is 22.9 Å². The standard InChI is InChI=1S/C6H11BrN4/c1-4(10-8)6-5(7)3-9-11(6)2/h3-4,10H,8H2,1-2H3. The topological polar surface area (TPSA) is 55.9 Å². The number of hydrogen-bond acceptors (Lipinski definition) is 3. The fourth-order valence-electron chi connectivity index (χ4n) is 0.986. The van der Waals surface area contributed by atoms with Crippen molar-refractivity contribution in [3.63, 3.8) is 0 Å². The Morgan fingerprint density at radius 1 is 1.82 bits per heavy atom. The van der Waals surface area contributed by atoms with Crippen molar-refractivity contribution in [3.8, 4) is 0 Å². The van der Waals surface area contributed by atoms with E-state index in [1.54, 1.807) is 10.9 Å². The van der Waals surface area contributed by atoms with Crippen molar-refractivity contribution in [2.24, 2.45) is 12.9 Å². The molecule has 1 unspecified atom stereocenters. The normalized spacial score (nSPS) is 13.5. The Kier molecular flexibility index (Phi) is 2.64. The van der Waals surface area contributed by atoms with Crippen LogP contribution in [0, 0.1) is 0 Å². The van der Waals surface area contributed by atoms with Crippen LogP contribution >= 0.6 is 15.9 Å². The molecule has 0 spiro atoms. The Morgan fingerprint density at radius 2 is 2.45 bits per heavy atom. The Balaban J connectivity index is 3.00. The van der Waals surface area contributed by atoms with E-state index in [0.29, 0.717) is 0 Å². The highest BCUT2D eigenvalue weighted by Gasteiger charge is 2.11. The summed E-state index contributed by atoms with van der Waals surface area (Å²) >= 11 is 3.38. The Morgan fingerprint density at radius 3 is 2.82 bits per heavy atom. The maximum absolute atomic E-state index is 5.29. The molecule has 0 aliphatic carbocycles. The van der Waals surface area contributed by atoms with Gasteiger partial charge in [0.1, 0.15) is 0 Å². The largest absolute Gasteiger partial charge is 0.271 e. The maximum Gasteiger partial charge on any atom is 0.0703 e. The second-order valence-electron chi connectivity index (χ2n) is 2.39. The van der Waals surface area contributed by atoms with Crippen molar-refractivity contribution < 1.29 is 0 Å². The first-order chi connectivity index (χ1) is 5.16. The zero-order valence-corrected chi connectivity index (χ0v) is 8.09. The van der Waals surface area contributed by atoms with Crippen LogP contribution in [0.4, 0.5) is 0 Å². The van der Waals surface area contributed by atoms with Gasteiger partial charge in [-0.15, -0.1) is 0 Å². The van der Waals surface area contributed by atoms with Gasteiger partial charge < -0.3 is 0 Å². The molecule has 0 saturated heterocycles. The molecule has 0 aliphatic rings. The van der Waals surface area contributed by atoms with Crippen molar-refractivity contribution in [2.45, 2.75) is 13.0 Å². The van der Waals surface area contributed by atoms with Gasteiger partial charge in [-0.2, -0.15) is 5.10 Å².